The third-order valence-corrected chi connectivity index (χ3v) is 2.05. The fourth-order valence-corrected chi connectivity index (χ4v) is 1.24. The van der Waals surface area contributed by atoms with Crippen molar-refractivity contribution in [2.24, 2.45) is 0 Å². The number of allylic oxidation sites excluding steroid dienone is 1. The standard InChI is InChI=1S/C11H11F3N4O2/c1-2-20-10(19)8(5-15)9(11(12,13)14)18-7-3-4-16-17-6-7/h3-6,15H,2H2,1H3,(H,16,18)/b9-8+,15-5?. The molecular weight excluding hydrogens is 277 g/mol. The second-order valence-corrected chi connectivity index (χ2v) is 3.41. The molecule has 0 unspecified atom stereocenters. The molecule has 0 amide bonds. The molecule has 0 spiro atoms. The summed E-state index contributed by atoms with van der Waals surface area (Å²) in [5.41, 5.74) is -2.33. The van der Waals surface area contributed by atoms with E-state index < -0.39 is 23.4 Å². The van der Waals surface area contributed by atoms with Crippen molar-refractivity contribution in [1.29, 1.82) is 5.41 Å². The van der Waals surface area contributed by atoms with Crippen molar-refractivity contribution in [2.75, 3.05) is 11.9 Å². The Hall–Kier alpha value is -2.45. The number of ether oxygens (including phenoxy) is 1. The van der Waals surface area contributed by atoms with Gasteiger partial charge in [-0.2, -0.15) is 23.4 Å². The predicted octanol–water partition coefficient (Wildman–Crippen LogP) is 1.92. The lowest BCUT2D eigenvalue weighted by molar-refractivity contribution is -0.139. The molecule has 0 radical (unpaired) electrons. The van der Waals surface area contributed by atoms with Crippen molar-refractivity contribution in [3.63, 3.8) is 0 Å². The number of carbonyl (C=O) groups excluding carboxylic acids is 1. The molecule has 1 heterocycles. The summed E-state index contributed by atoms with van der Waals surface area (Å²) in [7, 11) is 0. The quantitative estimate of drug-likeness (QED) is 0.491. The lowest BCUT2D eigenvalue weighted by Crippen LogP contribution is -2.25. The topological polar surface area (TPSA) is 88.0 Å². The molecule has 6 nitrogen and oxygen atoms in total. The van der Waals surface area contributed by atoms with Gasteiger partial charge in [-0.15, -0.1) is 0 Å². The maximum absolute atomic E-state index is 13.0. The summed E-state index contributed by atoms with van der Waals surface area (Å²) in [6.07, 6.45) is -2.32. The van der Waals surface area contributed by atoms with Crippen molar-refractivity contribution in [1.82, 2.24) is 10.2 Å². The van der Waals surface area contributed by atoms with E-state index in [-0.39, 0.29) is 12.3 Å². The second-order valence-electron chi connectivity index (χ2n) is 3.41. The van der Waals surface area contributed by atoms with Crippen LogP contribution in [0.5, 0.6) is 0 Å². The number of carbonyl (C=O) groups is 1. The number of rotatable bonds is 5. The highest BCUT2D eigenvalue weighted by Crippen LogP contribution is 2.29. The molecule has 0 bridgehead atoms. The van der Waals surface area contributed by atoms with Gasteiger partial charge >= 0.3 is 12.1 Å². The third-order valence-electron chi connectivity index (χ3n) is 2.05. The SMILES string of the molecule is CCOC(=O)/C(C=N)=C(/Nc1ccnnc1)C(F)(F)F. The van der Waals surface area contributed by atoms with Crippen LogP contribution in [0.25, 0.3) is 0 Å². The third kappa shape index (κ3) is 4.04. The molecule has 0 aliphatic heterocycles. The van der Waals surface area contributed by atoms with Gasteiger partial charge in [0.15, 0.2) is 0 Å². The van der Waals surface area contributed by atoms with Gasteiger partial charge in [-0.1, -0.05) is 0 Å². The Bertz CT molecular complexity index is 514. The average Bonchev–Trinajstić information content (AvgIpc) is 2.39. The van der Waals surface area contributed by atoms with Crippen LogP contribution < -0.4 is 5.32 Å². The smallest absolute Gasteiger partial charge is 0.432 e. The van der Waals surface area contributed by atoms with Crippen LogP contribution in [-0.2, 0) is 9.53 Å². The molecule has 0 saturated heterocycles. The van der Waals surface area contributed by atoms with Crippen LogP contribution in [0.2, 0.25) is 0 Å². The first-order chi connectivity index (χ1) is 9.40. The molecule has 0 aromatic carbocycles. The number of halogens is 3. The number of anilines is 1. The highest BCUT2D eigenvalue weighted by molar-refractivity contribution is 6.09. The Balaban J connectivity index is 3.23. The number of esters is 1. The van der Waals surface area contributed by atoms with Crippen LogP contribution in [0.1, 0.15) is 6.92 Å². The Morgan fingerprint density at radius 1 is 1.50 bits per heavy atom. The van der Waals surface area contributed by atoms with Crippen LogP contribution in [0, 0.1) is 5.41 Å². The van der Waals surface area contributed by atoms with Gasteiger partial charge in [0.1, 0.15) is 11.3 Å². The average molecular weight is 288 g/mol. The molecule has 0 atom stereocenters. The molecule has 0 fully saturated rings. The Morgan fingerprint density at radius 3 is 2.65 bits per heavy atom. The largest absolute Gasteiger partial charge is 0.462 e. The number of nitrogens with zero attached hydrogens (tertiary/aromatic N) is 2. The van der Waals surface area contributed by atoms with Crippen molar-refractivity contribution in [2.45, 2.75) is 13.1 Å². The molecule has 2 N–H and O–H groups in total. The molecule has 0 aliphatic carbocycles. The summed E-state index contributed by atoms with van der Waals surface area (Å²) < 4.78 is 43.4. The van der Waals surface area contributed by atoms with E-state index in [0.717, 1.165) is 6.20 Å². The maximum atomic E-state index is 13.0. The number of hydrogen-bond acceptors (Lipinski definition) is 6. The Morgan fingerprint density at radius 2 is 2.20 bits per heavy atom. The summed E-state index contributed by atoms with van der Waals surface area (Å²) in [4.78, 5) is 11.5. The van der Waals surface area contributed by atoms with Gasteiger partial charge in [0.25, 0.3) is 0 Å². The maximum Gasteiger partial charge on any atom is 0.432 e. The van der Waals surface area contributed by atoms with E-state index in [1.54, 1.807) is 0 Å². The Kier molecular flexibility index (Phi) is 5.18. The molecule has 20 heavy (non-hydrogen) atoms. The molecule has 0 aliphatic rings. The summed E-state index contributed by atoms with van der Waals surface area (Å²) in [5.74, 6) is -1.23. The summed E-state index contributed by atoms with van der Waals surface area (Å²) in [6.45, 7) is 1.35. The molecule has 1 rings (SSSR count). The van der Waals surface area contributed by atoms with Crippen LogP contribution in [0.15, 0.2) is 29.7 Å². The fraction of sp³-hybridized carbons (Fsp3) is 0.273. The molecular formula is C11H11F3N4O2. The lowest BCUT2D eigenvalue weighted by Gasteiger charge is -2.16. The van der Waals surface area contributed by atoms with Gasteiger partial charge in [0.2, 0.25) is 0 Å². The number of alkyl halides is 3. The number of nitrogens with one attached hydrogen (secondary N) is 2. The minimum Gasteiger partial charge on any atom is -0.462 e. The normalized spacial score (nSPS) is 12.4. The zero-order chi connectivity index (χ0) is 15.2. The van der Waals surface area contributed by atoms with E-state index in [0.29, 0.717) is 6.21 Å². The molecule has 0 saturated carbocycles. The van der Waals surface area contributed by atoms with Crippen molar-refractivity contribution < 1.29 is 22.7 Å². The summed E-state index contributed by atoms with van der Waals surface area (Å²) in [5, 5.41) is 15.8. The number of aromatic nitrogens is 2. The first-order valence-corrected chi connectivity index (χ1v) is 5.43. The predicted molar refractivity (Wildman–Crippen MR) is 64.2 cm³/mol. The molecule has 9 heteroatoms. The van der Waals surface area contributed by atoms with Crippen LogP contribution in [-0.4, -0.2) is 35.2 Å². The highest BCUT2D eigenvalue weighted by Gasteiger charge is 2.38. The number of hydrogen-bond donors (Lipinski definition) is 2. The molecule has 1 aromatic rings. The van der Waals surface area contributed by atoms with Gasteiger partial charge < -0.3 is 15.5 Å². The second kappa shape index (κ2) is 6.64. The zero-order valence-electron chi connectivity index (χ0n) is 10.4. The van der Waals surface area contributed by atoms with Gasteiger partial charge in [-0.05, 0) is 13.0 Å². The minimum absolute atomic E-state index is 0.0176. The monoisotopic (exact) mass is 288 g/mol. The van der Waals surface area contributed by atoms with Gasteiger partial charge in [0, 0.05) is 6.21 Å². The van der Waals surface area contributed by atoms with E-state index in [1.165, 1.54) is 19.2 Å². The summed E-state index contributed by atoms with van der Waals surface area (Å²) in [6, 6.07) is 1.24. The lowest BCUT2D eigenvalue weighted by atomic mass is 10.2. The van der Waals surface area contributed by atoms with Crippen LogP contribution in [0.3, 0.4) is 0 Å². The van der Waals surface area contributed by atoms with E-state index in [1.807, 2.05) is 5.32 Å². The summed E-state index contributed by atoms with van der Waals surface area (Å²) >= 11 is 0. The van der Waals surface area contributed by atoms with Gasteiger partial charge in [-0.25, -0.2) is 4.79 Å². The van der Waals surface area contributed by atoms with Gasteiger partial charge in [-0.3, -0.25) is 0 Å². The zero-order valence-corrected chi connectivity index (χ0v) is 10.4. The van der Waals surface area contributed by atoms with Crippen molar-refractivity contribution >= 4 is 17.9 Å². The van der Waals surface area contributed by atoms with E-state index in [9.17, 15) is 18.0 Å². The first-order valence-electron chi connectivity index (χ1n) is 5.43. The molecule has 108 valence electrons. The van der Waals surface area contributed by atoms with Crippen LogP contribution >= 0.6 is 0 Å². The van der Waals surface area contributed by atoms with Gasteiger partial charge in [0.05, 0.1) is 24.7 Å². The van der Waals surface area contributed by atoms with E-state index >= 15 is 0 Å². The minimum atomic E-state index is -4.86. The van der Waals surface area contributed by atoms with Crippen molar-refractivity contribution in [3.05, 3.63) is 29.7 Å². The van der Waals surface area contributed by atoms with Crippen molar-refractivity contribution in [3.8, 4) is 0 Å². The Labute approximate surface area is 112 Å². The fourth-order valence-electron chi connectivity index (χ4n) is 1.24. The highest BCUT2D eigenvalue weighted by atomic mass is 19.4. The molecule has 1 aromatic heterocycles. The first kappa shape index (κ1) is 15.6. The van der Waals surface area contributed by atoms with E-state index in [2.05, 4.69) is 14.9 Å². The van der Waals surface area contributed by atoms with E-state index in [4.69, 9.17) is 5.41 Å². The van der Waals surface area contributed by atoms with Crippen LogP contribution in [0.4, 0.5) is 18.9 Å².